The maximum absolute atomic E-state index is 12.4. The second-order valence-corrected chi connectivity index (χ2v) is 4.42. The van der Waals surface area contributed by atoms with Crippen molar-refractivity contribution in [2.45, 2.75) is 6.42 Å². The molecule has 0 fully saturated rings. The van der Waals surface area contributed by atoms with Gasteiger partial charge in [-0.1, -0.05) is 30.3 Å². The van der Waals surface area contributed by atoms with Crippen LogP contribution in [0.25, 0.3) is 0 Å². The zero-order valence-electron chi connectivity index (χ0n) is 10.0. The number of nitriles is 1. The summed E-state index contributed by atoms with van der Waals surface area (Å²) < 4.78 is 0. The van der Waals surface area contributed by atoms with Crippen LogP contribution in [0.3, 0.4) is 0 Å². The minimum Gasteiger partial charge on any atom is -0.289 e. The number of rotatable bonds is 1. The third kappa shape index (κ3) is 1.66. The molecule has 0 spiro atoms. The van der Waals surface area contributed by atoms with Crippen molar-refractivity contribution in [2.24, 2.45) is 0 Å². The maximum atomic E-state index is 12.4. The first-order valence-corrected chi connectivity index (χ1v) is 5.90. The lowest BCUT2D eigenvalue weighted by Crippen LogP contribution is -2.20. The Morgan fingerprint density at radius 3 is 2.05 bits per heavy atom. The van der Waals surface area contributed by atoms with Crippen molar-refractivity contribution in [3.8, 4) is 6.07 Å². The van der Waals surface area contributed by atoms with Crippen LogP contribution in [0.2, 0.25) is 0 Å². The fraction of sp³-hybridized carbons (Fsp3) is 0.0625. The molecule has 0 aliphatic heterocycles. The summed E-state index contributed by atoms with van der Waals surface area (Å²) in [5.74, 6) is -0.279. The molecule has 3 heteroatoms. The fourth-order valence-corrected chi connectivity index (χ4v) is 2.35. The highest BCUT2D eigenvalue weighted by Crippen LogP contribution is 2.27. The molecule has 3 rings (SSSR count). The third-order valence-corrected chi connectivity index (χ3v) is 3.27. The van der Waals surface area contributed by atoms with E-state index >= 15 is 0 Å². The summed E-state index contributed by atoms with van der Waals surface area (Å²) in [4.78, 5) is 24.7. The standard InChI is InChI=1S/C16H9NO2/c17-8-7-10-5-6-13-14(9-10)16(19)12-4-2-1-3-11(12)15(13)18/h1-6,9H,7H2. The summed E-state index contributed by atoms with van der Waals surface area (Å²) in [5, 5.41) is 8.70. The van der Waals surface area contributed by atoms with Gasteiger partial charge < -0.3 is 0 Å². The number of ketones is 2. The van der Waals surface area contributed by atoms with E-state index in [1.807, 2.05) is 6.07 Å². The number of carbonyl (C=O) groups excluding carboxylic acids is 2. The molecule has 1 aliphatic rings. The summed E-state index contributed by atoms with van der Waals surface area (Å²) in [6.07, 6.45) is 0.233. The van der Waals surface area contributed by atoms with Gasteiger partial charge in [-0.05, 0) is 17.7 Å². The molecule has 90 valence electrons. The Bertz CT molecular complexity index is 754. The van der Waals surface area contributed by atoms with E-state index in [1.54, 1.807) is 42.5 Å². The van der Waals surface area contributed by atoms with Crippen molar-refractivity contribution < 1.29 is 9.59 Å². The quantitative estimate of drug-likeness (QED) is 0.664. The molecule has 0 saturated heterocycles. The minimum atomic E-state index is -0.148. The number of nitrogens with zero attached hydrogens (tertiary/aromatic N) is 1. The van der Waals surface area contributed by atoms with Gasteiger partial charge in [0.15, 0.2) is 11.6 Å². The summed E-state index contributed by atoms with van der Waals surface area (Å²) in [6.45, 7) is 0. The van der Waals surface area contributed by atoms with E-state index in [2.05, 4.69) is 0 Å². The first-order valence-electron chi connectivity index (χ1n) is 5.90. The lowest BCUT2D eigenvalue weighted by molar-refractivity contribution is 0.0979. The molecule has 0 bridgehead atoms. The van der Waals surface area contributed by atoms with E-state index in [0.29, 0.717) is 22.3 Å². The lowest BCUT2D eigenvalue weighted by Gasteiger charge is -2.17. The van der Waals surface area contributed by atoms with Crippen LogP contribution < -0.4 is 0 Å². The van der Waals surface area contributed by atoms with Gasteiger partial charge in [0, 0.05) is 22.3 Å². The Morgan fingerprint density at radius 1 is 0.842 bits per heavy atom. The van der Waals surface area contributed by atoms with Gasteiger partial charge in [-0.25, -0.2) is 0 Å². The normalized spacial score (nSPS) is 12.6. The molecule has 2 aromatic carbocycles. The predicted octanol–water partition coefficient (Wildman–Crippen LogP) is 2.53. The Balaban J connectivity index is 2.22. The zero-order valence-corrected chi connectivity index (χ0v) is 10.0. The second-order valence-electron chi connectivity index (χ2n) is 4.42. The molecular formula is C16H9NO2. The predicted molar refractivity (Wildman–Crippen MR) is 69.1 cm³/mol. The van der Waals surface area contributed by atoms with E-state index in [4.69, 9.17) is 5.26 Å². The summed E-state index contributed by atoms with van der Waals surface area (Å²) in [6, 6.07) is 13.9. The average Bonchev–Trinajstić information content (AvgIpc) is 2.45. The molecule has 0 heterocycles. The summed E-state index contributed by atoms with van der Waals surface area (Å²) in [7, 11) is 0. The molecule has 2 aromatic rings. The van der Waals surface area contributed by atoms with E-state index in [-0.39, 0.29) is 18.0 Å². The smallest absolute Gasteiger partial charge is 0.194 e. The Kier molecular flexibility index (Phi) is 2.50. The maximum Gasteiger partial charge on any atom is 0.194 e. The molecule has 0 N–H and O–H groups in total. The zero-order chi connectivity index (χ0) is 13.4. The number of carbonyl (C=O) groups is 2. The van der Waals surface area contributed by atoms with Gasteiger partial charge >= 0.3 is 0 Å². The third-order valence-electron chi connectivity index (χ3n) is 3.27. The van der Waals surface area contributed by atoms with Crippen molar-refractivity contribution in [2.75, 3.05) is 0 Å². The van der Waals surface area contributed by atoms with Crippen LogP contribution >= 0.6 is 0 Å². The number of fused-ring (bicyclic) bond motifs is 2. The first-order chi connectivity index (χ1) is 9.22. The lowest BCUT2D eigenvalue weighted by atomic mass is 9.83. The molecule has 0 unspecified atom stereocenters. The van der Waals surface area contributed by atoms with Gasteiger partial charge in [-0.3, -0.25) is 9.59 Å². The van der Waals surface area contributed by atoms with Crippen molar-refractivity contribution >= 4 is 11.6 Å². The van der Waals surface area contributed by atoms with E-state index in [1.165, 1.54) is 0 Å². The van der Waals surface area contributed by atoms with Gasteiger partial charge in [0.25, 0.3) is 0 Å². The molecule has 0 aromatic heterocycles. The van der Waals surface area contributed by atoms with Gasteiger partial charge in [0.2, 0.25) is 0 Å². The van der Waals surface area contributed by atoms with Crippen molar-refractivity contribution in [3.63, 3.8) is 0 Å². The van der Waals surface area contributed by atoms with Crippen LogP contribution in [0.5, 0.6) is 0 Å². The largest absolute Gasteiger partial charge is 0.289 e. The molecule has 0 atom stereocenters. The van der Waals surface area contributed by atoms with Gasteiger partial charge in [0.1, 0.15) is 0 Å². The van der Waals surface area contributed by atoms with Gasteiger partial charge in [-0.15, -0.1) is 0 Å². The SMILES string of the molecule is N#CCc1ccc2c(c1)C(=O)c1ccccc1C2=O. The van der Waals surface area contributed by atoms with Crippen molar-refractivity contribution in [1.29, 1.82) is 5.26 Å². The molecule has 0 radical (unpaired) electrons. The Morgan fingerprint density at radius 2 is 1.42 bits per heavy atom. The van der Waals surface area contributed by atoms with Crippen LogP contribution in [0.15, 0.2) is 42.5 Å². The van der Waals surface area contributed by atoms with Gasteiger partial charge in [0.05, 0.1) is 12.5 Å². The highest BCUT2D eigenvalue weighted by Gasteiger charge is 2.29. The molecule has 0 saturated carbocycles. The Labute approximate surface area is 110 Å². The molecule has 3 nitrogen and oxygen atoms in total. The number of hydrogen-bond donors (Lipinski definition) is 0. The van der Waals surface area contributed by atoms with Crippen molar-refractivity contribution in [1.82, 2.24) is 0 Å². The first kappa shape index (κ1) is 11.4. The summed E-state index contributed by atoms with van der Waals surface area (Å²) >= 11 is 0. The monoisotopic (exact) mass is 247 g/mol. The van der Waals surface area contributed by atoms with Gasteiger partial charge in [-0.2, -0.15) is 5.26 Å². The highest BCUT2D eigenvalue weighted by molar-refractivity contribution is 6.28. The van der Waals surface area contributed by atoms with E-state index < -0.39 is 0 Å². The molecular weight excluding hydrogens is 238 g/mol. The van der Waals surface area contributed by atoms with Crippen LogP contribution in [0, 0.1) is 11.3 Å². The second kappa shape index (κ2) is 4.18. The topological polar surface area (TPSA) is 57.9 Å². The summed E-state index contributed by atoms with van der Waals surface area (Å²) in [5.41, 5.74) is 2.46. The van der Waals surface area contributed by atoms with Crippen LogP contribution in [-0.4, -0.2) is 11.6 Å². The number of benzene rings is 2. The fourth-order valence-electron chi connectivity index (χ4n) is 2.35. The van der Waals surface area contributed by atoms with E-state index in [0.717, 1.165) is 5.56 Å². The van der Waals surface area contributed by atoms with Crippen LogP contribution in [0.4, 0.5) is 0 Å². The molecule has 0 amide bonds. The molecule has 1 aliphatic carbocycles. The average molecular weight is 247 g/mol. The van der Waals surface area contributed by atoms with Crippen molar-refractivity contribution in [3.05, 3.63) is 70.3 Å². The number of hydrogen-bond acceptors (Lipinski definition) is 3. The Hall–Kier alpha value is -2.73. The minimum absolute atomic E-state index is 0.131. The highest BCUT2D eigenvalue weighted by atomic mass is 16.1. The van der Waals surface area contributed by atoms with Crippen LogP contribution in [-0.2, 0) is 6.42 Å². The van der Waals surface area contributed by atoms with E-state index in [9.17, 15) is 9.59 Å². The molecule has 19 heavy (non-hydrogen) atoms. The van der Waals surface area contributed by atoms with Crippen LogP contribution in [0.1, 0.15) is 37.4 Å².